The van der Waals surface area contributed by atoms with Gasteiger partial charge in [0, 0.05) is 11.1 Å². The van der Waals surface area contributed by atoms with Gasteiger partial charge in [0.25, 0.3) is 0 Å². The normalized spacial score (nSPS) is 10.5. The Morgan fingerprint density at radius 1 is 1.41 bits per heavy atom. The summed E-state index contributed by atoms with van der Waals surface area (Å²) in [7, 11) is 0. The van der Waals surface area contributed by atoms with Crippen molar-refractivity contribution in [3.8, 4) is 5.75 Å². The number of allylic oxidation sites excluding steroid dienone is 1. The van der Waals surface area contributed by atoms with Crippen LogP contribution in [0, 0.1) is 0 Å². The zero-order chi connectivity index (χ0) is 12.8. The van der Waals surface area contributed by atoms with Crippen LogP contribution in [0.2, 0.25) is 5.02 Å². The van der Waals surface area contributed by atoms with Gasteiger partial charge in [-0.05, 0) is 31.2 Å². The fraction of sp³-hybridized carbons (Fsp3) is 0.167. The summed E-state index contributed by atoms with van der Waals surface area (Å²) in [6, 6.07) is 4.62. The van der Waals surface area contributed by atoms with Crippen LogP contribution in [0.25, 0.3) is 0 Å². The van der Waals surface area contributed by atoms with Gasteiger partial charge < -0.3 is 9.84 Å². The van der Waals surface area contributed by atoms with E-state index in [2.05, 4.69) is 0 Å². The maximum atomic E-state index is 11.7. The quantitative estimate of drug-likeness (QED) is 0.648. The molecular formula is C12H11ClO4. The number of ketones is 1. The third kappa shape index (κ3) is 3.92. The van der Waals surface area contributed by atoms with Gasteiger partial charge in [0.05, 0.1) is 12.2 Å². The molecule has 1 aromatic rings. The first-order valence-corrected chi connectivity index (χ1v) is 5.30. The number of carbonyl (C=O) groups excluding carboxylic acids is 1. The van der Waals surface area contributed by atoms with Crippen LogP contribution < -0.4 is 4.74 Å². The number of halogens is 1. The number of carbonyl (C=O) groups is 2. The molecule has 5 heteroatoms. The van der Waals surface area contributed by atoms with Crippen LogP contribution in [0.4, 0.5) is 0 Å². The predicted molar refractivity (Wildman–Crippen MR) is 63.7 cm³/mol. The van der Waals surface area contributed by atoms with Gasteiger partial charge in [0.2, 0.25) is 0 Å². The van der Waals surface area contributed by atoms with Crippen LogP contribution in [0.5, 0.6) is 5.75 Å². The second-order valence-electron chi connectivity index (χ2n) is 3.11. The number of benzene rings is 1. The molecule has 0 aromatic heterocycles. The number of aliphatic carboxylic acids is 1. The molecule has 0 spiro atoms. The van der Waals surface area contributed by atoms with Crippen LogP contribution >= 0.6 is 11.6 Å². The van der Waals surface area contributed by atoms with E-state index < -0.39 is 11.8 Å². The van der Waals surface area contributed by atoms with Gasteiger partial charge in [-0.25, -0.2) is 4.79 Å². The van der Waals surface area contributed by atoms with Crippen molar-refractivity contribution in [1.82, 2.24) is 0 Å². The molecule has 0 fully saturated rings. The number of rotatable bonds is 5. The van der Waals surface area contributed by atoms with E-state index in [1.807, 2.05) is 0 Å². The van der Waals surface area contributed by atoms with Gasteiger partial charge in [-0.15, -0.1) is 0 Å². The fourth-order valence-electron chi connectivity index (χ4n) is 1.21. The van der Waals surface area contributed by atoms with Crippen LogP contribution in [-0.4, -0.2) is 23.5 Å². The van der Waals surface area contributed by atoms with Crippen molar-refractivity contribution >= 4 is 23.4 Å². The standard InChI is InChI=1S/C12H11ClO4/c1-2-17-11-5-3-8(13)7-9(11)10(14)4-6-12(15)16/h3-7H,2H2,1H3,(H,15,16)/b6-4+. The molecule has 0 radical (unpaired) electrons. The summed E-state index contributed by atoms with van der Waals surface area (Å²) < 4.78 is 5.26. The largest absolute Gasteiger partial charge is 0.493 e. The maximum Gasteiger partial charge on any atom is 0.328 e. The van der Waals surface area contributed by atoms with E-state index in [0.29, 0.717) is 17.4 Å². The number of hydrogen-bond acceptors (Lipinski definition) is 3. The fourth-order valence-corrected chi connectivity index (χ4v) is 1.38. The minimum atomic E-state index is -1.18. The first kappa shape index (κ1) is 13.3. The molecule has 1 aromatic carbocycles. The van der Waals surface area contributed by atoms with Crippen LogP contribution in [0.15, 0.2) is 30.4 Å². The van der Waals surface area contributed by atoms with Crippen LogP contribution in [0.3, 0.4) is 0 Å². The highest BCUT2D eigenvalue weighted by Crippen LogP contribution is 2.23. The summed E-state index contributed by atoms with van der Waals surface area (Å²) in [6.07, 6.45) is 1.75. The first-order valence-electron chi connectivity index (χ1n) is 4.92. The second kappa shape index (κ2) is 6.06. The number of carboxylic acids is 1. The molecule has 0 aliphatic rings. The molecule has 90 valence electrons. The SMILES string of the molecule is CCOc1ccc(Cl)cc1C(=O)/C=C/C(=O)O. The maximum absolute atomic E-state index is 11.7. The Balaban J connectivity index is 3.05. The van der Waals surface area contributed by atoms with Gasteiger partial charge in [-0.2, -0.15) is 0 Å². The summed E-state index contributed by atoms with van der Waals surface area (Å²) in [6.45, 7) is 2.19. The van der Waals surface area contributed by atoms with Crippen molar-refractivity contribution in [3.05, 3.63) is 40.9 Å². The van der Waals surface area contributed by atoms with Crippen LogP contribution in [0.1, 0.15) is 17.3 Å². The molecule has 17 heavy (non-hydrogen) atoms. The average molecular weight is 255 g/mol. The Bertz CT molecular complexity index is 466. The van der Waals surface area contributed by atoms with E-state index in [1.165, 1.54) is 6.07 Å². The monoisotopic (exact) mass is 254 g/mol. The Morgan fingerprint density at radius 3 is 2.71 bits per heavy atom. The van der Waals surface area contributed by atoms with Gasteiger partial charge in [0.15, 0.2) is 5.78 Å². The van der Waals surface area contributed by atoms with Crippen molar-refractivity contribution in [3.63, 3.8) is 0 Å². The van der Waals surface area contributed by atoms with Crippen molar-refractivity contribution < 1.29 is 19.4 Å². The van der Waals surface area contributed by atoms with Crippen molar-refractivity contribution in [2.24, 2.45) is 0 Å². The minimum Gasteiger partial charge on any atom is -0.493 e. The number of hydrogen-bond donors (Lipinski definition) is 1. The predicted octanol–water partition coefficient (Wildman–Crippen LogP) is 2.56. The van der Waals surface area contributed by atoms with Gasteiger partial charge in [0.1, 0.15) is 5.75 Å². The minimum absolute atomic E-state index is 0.247. The number of ether oxygens (including phenoxy) is 1. The average Bonchev–Trinajstić information content (AvgIpc) is 2.28. The third-order valence-corrected chi connectivity index (χ3v) is 2.12. The summed E-state index contributed by atoms with van der Waals surface area (Å²) in [5, 5.41) is 8.83. The molecule has 0 aliphatic heterocycles. The molecule has 0 bridgehead atoms. The third-order valence-electron chi connectivity index (χ3n) is 1.88. The van der Waals surface area contributed by atoms with Crippen molar-refractivity contribution in [2.45, 2.75) is 6.92 Å². The zero-order valence-corrected chi connectivity index (χ0v) is 9.90. The summed E-state index contributed by atoms with van der Waals surface area (Å²) in [4.78, 5) is 22.0. The number of carboxylic acid groups (broad SMARTS) is 1. The summed E-state index contributed by atoms with van der Waals surface area (Å²) in [5.41, 5.74) is 0.247. The molecule has 1 N–H and O–H groups in total. The molecule has 4 nitrogen and oxygen atoms in total. The summed E-state index contributed by atoms with van der Waals surface area (Å²) in [5.74, 6) is -1.26. The lowest BCUT2D eigenvalue weighted by Crippen LogP contribution is -2.02. The summed E-state index contributed by atoms with van der Waals surface area (Å²) >= 11 is 5.78. The molecule has 0 aliphatic carbocycles. The lowest BCUT2D eigenvalue weighted by Gasteiger charge is -2.07. The van der Waals surface area contributed by atoms with Crippen LogP contribution in [-0.2, 0) is 4.79 Å². The van der Waals surface area contributed by atoms with Crippen molar-refractivity contribution in [1.29, 1.82) is 0 Å². The highest BCUT2D eigenvalue weighted by molar-refractivity contribution is 6.31. The highest BCUT2D eigenvalue weighted by atomic mass is 35.5. The van der Waals surface area contributed by atoms with E-state index >= 15 is 0 Å². The van der Waals surface area contributed by atoms with Gasteiger partial charge >= 0.3 is 5.97 Å². The smallest absolute Gasteiger partial charge is 0.328 e. The Labute approximate surface area is 103 Å². The lowest BCUT2D eigenvalue weighted by atomic mass is 10.1. The second-order valence-corrected chi connectivity index (χ2v) is 3.55. The van der Waals surface area contributed by atoms with Gasteiger partial charge in [-0.3, -0.25) is 4.79 Å². The van der Waals surface area contributed by atoms with E-state index in [0.717, 1.165) is 12.2 Å². The Kier molecular flexibility index (Phi) is 4.72. The molecule has 0 atom stereocenters. The molecule has 1 rings (SSSR count). The lowest BCUT2D eigenvalue weighted by molar-refractivity contribution is -0.131. The van der Waals surface area contributed by atoms with E-state index in [-0.39, 0.29) is 5.56 Å². The molecule has 0 amide bonds. The first-order chi connectivity index (χ1) is 8.04. The Morgan fingerprint density at radius 2 is 2.12 bits per heavy atom. The molecule has 0 heterocycles. The Hall–Kier alpha value is -1.81. The van der Waals surface area contributed by atoms with E-state index in [9.17, 15) is 9.59 Å². The highest BCUT2D eigenvalue weighted by Gasteiger charge is 2.11. The van der Waals surface area contributed by atoms with Crippen molar-refractivity contribution in [2.75, 3.05) is 6.61 Å². The van der Waals surface area contributed by atoms with Gasteiger partial charge in [-0.1, -0.05) is 11.6 Å². The molecule has 0 saturated heterocycles. The zero-order valence-electron chi connectivity index (χ0n) is 9.14. The topological polar surface area (TPSA) is 63.6 Å². The van der Waals surface area contributed by atoms with E-state index in [1.54, 1.807) is 19.1 Å². The molecule has 0 unspecified atom stereocenters. The van der Waals surface area contributed by atoms with E-state index in [4.69, 9.17) is 21.4 Å². The molecule has 0 saturated carbocycles. The molecular weight excluding hydrogens is 244 g/mol.